The van der Waals surface area contributed by atoms with Crippen molar-refractivity contribution in [2.75, 3.05) is 11.9 Å². The molecule has 0 aliphatic rings. The zero-order valence-corrected chi connectivity index (χ0v) is 12.5. The van der Waals surface area contributed by atoms with Gasteiger partial charge in [0.25, 0.3) is 0 Å². The van der Waals surface area contributed by atoms with Crippen LogP contribution in [0.2, 0.25) is 0 Å². The molecule has 0 aromatic heterocycles. The van der Waals surface area contributed by atoms with Crippen LogP contribution in [0.1, 0.15) is 37.5 Å². The molecule has 0 fully saturated rings. The molecule has 0 radical (unpaired) electrons. The summed E-state index contributed by atoms with van der Waals surface area (Å²) >= 11 is 0. The highest BCUT2D eigenvalue weighted by atomic mass is 16.3. The summed E-state index contributed by atoms with van der Waals surface area (Å²) in [6.45, 7) is 4.15. The molecule has 2 nitrogen and oxygen atoms in total. The molecule has 0 amide bonds. The van der Waals surface area contributed by atoms with E-state index in [1.54, 1.807) is 0 Å². The van der Waals surface area contributed by atoms with Crippen LogP contribution in [0.15, 0.2) is 48.5 Å². The van der Waals surface area contributed by atoms with E-state index in [1.165, 1.54) is 11.3 Å². The fourth-order valence-electron chi connectivity index (χ4n) is 2.26. The number of nitrogens with zero attached hydrogens (tertiary/aromatic N) is 1. The Bertz CT molecular complexity index is 530. The fourth-order valence-corrected chi connectivity index (χ4v) is 2.26. The zero-order chi connectivity index (χ0) is 14.5. The lowest BCUT2D eigenvalue weighted by atomic mass is 10.1. The summed E-state index contributed by atoms with van der Waals surface area (Å²) in [5.74, 6) is 0. The number of aliphatic hydroxyl groups is 1. The summed E-state index contributed by atoms with van der Waals surface area (Å²) in [5, 5.41) is 9.82. The van der Waals surface area contributed by atoms with Crippen molar-refractivity contribution in [1.29, 1.82) is 0 Å². The molecule has 0 saturated carbocycles. The molecule has 0 aliphatic heterocycles. The average molecular weight is 269 g/mol. The van der Waals surface area contributed by atoms with Gasteiger partial charge in [-0.2, -0.15) is 0 Å². The van der Waals surface area contributed by atoms with E-state index in [9.17, 15) is 5.11 Å². The van der Waals surface area contributed by atoms with Crippen LogP contribution in [0.25, 0.3) is 0 Å². The van der Waals surface area contributed by atoms with Gasteiger partial charge in [-0.25, -0.2) is 0 Å². The normalized spacial score (nSPS) is 12.2. The first-order valence-electron chi connectivity index (χ1n) is 7.26. The minimum absolute atomic E-state index is 0.363. The summed E-state index contributed by atoms with van der Waals surface area (Å²) < 4.78 is 0. The van der Waals surface area contributed by atoms with Crippen molar-refractivity contribution in [2.24, 2.45) is 0 Å². The number of hydrogen-bond donors (Lipinski definition) is 1. The molecular weight excluding hydrogens is 246 g/mol. The number of rotatable bonds is 5. The zero-order valence-electron chi connectivity index (χ0n) is 12.5. The number of benzene rings is 2. The van der Waals surface area contributed by atoms with Crippen LogP contribution in [0.5, 0.6) is 0 Å². The third-order valence-corrected chi connectivity index (χ3v) is 3.78. The molecule has 2 heteroatoms. The molecule has 0 heterocycles. The second-order valence-electron chi connectivity index (χ2n) is 5.09. The van der Waals surface area contributed by atoms with Crippen molar-refractivity contribution in [3.63, 3.8) is 0 Å². The Kier molecular flexibility index (Phi) is 4.80. The Morgan fingerprint density at radius 2 is 1.40 bits per heavy atom. The van der Waals surface area contributed by atoms with E-state index >= 15 is 0 Å². The van der Waals surface area contributed by atoms with Crippen molar-refractivity contribution >= 4 is 11.4 Å². The molecular formula is C18H23NO. The number of hydrogen-bond acceptors (Lipinski definition) is 2. The molecule has 20 heavy (non-hydrogen) atoms. The van der Waals surface area contributed by atoms with Gasteiger partial charge in [-0.3, -0.25) is 0 Å². The minimum atomic E-state index is -0.363. The molecule has 1 atom stereocenters. The Hall–Kier alpha value is -1.80. The Balaban J connectivity index is 2.17. The maximum Gasteiger partial charge on any atom is 0.0787 e. The fraction of sp³-hybridized carbons (Fsp3) is 0.333. The van der Waals surface area contributed by atoms with Gasteiger partial charge in [-0.1, -0.05) is 38.1 Å². The smallest absolute Gasteiger partial charge is 0.0787 e. The molecule has 1 N–H and O–H groups in total. The van der Waals surface area contributed by atoms with Crippen LogP contribution in [0.3, 0.4) is 0 Å². The van der Waals surface area contributed by atoms with Crippen molar-refractivity contribution in [3.8, 4) is 0 Å². The predicted molar refractivity (Wildman–Crippen MR) is 85.6 cm³/mol. The first-order chi connectivity index (χ1) is 9.65. The van der Waals surface area contributed by atoms with Gasteiger partial charge in [0.1, 0.15) is 0 Å². The van der Waals surface area contributed by atoms with E-state index in [4.69, 9.17) is 0 Å². The van der Waals surface area contributed by atoms with E-state index in [0.29, 0.717) is 0 Å². The van der Waals surface area contributed by atoms with Crippen molar-refractivity contribution < 1.29 is 5.11 Å². The Labute approximate surface area is 121 Å². The number of anilines is 2. The lowest BCUT2D eigenvalue weighted by Crippen LogP contribution is -2.09. The van der Waals surface area contributed by atoms with Gasteiger partial charge in [-0.15, -0.1) is 0 Å². The van der Waals surface area contributed by atoms with Crippen molar-refractivity contribution in [1.82, 2.24) is 0 Å². The molecule has 0 saturated heterocycles. The maximum atomic E-state index is 9.82. The lowest BCUT2D eigenvalue weighted by Gasteiger charge is -2.20. The van der Waals surface area contributed by atoms with Crippen molar-refractivity contribution in [3.05, 3.63) is 59.7 Å². The molecule has 106 valence electrons. The average Bonchev–Trinajstić information content (AvgIpc) is 2.53. The summed E-state index contributed by atoms with van der Waals surface area (Å²) in [6, 6.07) is 16.7. The molecule has 0 aliphatic carbocycles. The standard InChI is InChI=1S/C18H23NO/c1-4-14-6-10-16(11-7-14)19(3)17-12-8-15(9-13-17)18(20)5-2/h6-13,18,20H,4-5H2,1-3H3. The highest BCUT2D eigenvalue weighted by Gasteiger charge is 2.07. The molecule has 2 rings (SSSR count). The highest BCUT2D eigenvalue weighted by Crippen LogP contribution is 2.26. The monoisotopic (exact) mass is 269 g/mol. The van der Waals surface area contributed by atoms with Crippen molar-refractivity contribution in [2.45, 2.75) is 32.8 Å². The third-order valence-electron chi connectivity index (χ3n) is 3.78. The van der Waals surface area contributed by atoms with Crippen LogP contribution < -0.4 is 4.90 Å². The van der Waals surface area contributed by atoms with Gasteiger partial charge < -0.3 is 10.0 Å². The SMILES string of the molecule is CCc1ccc(N(C)c2ccc(C(O)CC)cc2)cc1. The van der Waals surface area contributed by atoms with E-state index in [2.05, 4.69) is 55.3 Å². The van der Waals surface area contributed by atoms with Gasteiger partial charge >= 0.3 is 0 Å². The van der Waals surface area contributed by atoms with E-state index < -0.39 is 0 Å². The molecule has 0 bridgehead atoms. The summed E-state index contributed by atoms with van der Waals surface area (Å²) in [5.41, 5.74) is 4.63. The molecule has 1 unspecified atom stereocenters. The van der Waals surface area contributed by atoms with Crippen LogP contribution in [-0.4, -0.2) is 12.2 Å². The molecule has 2 aromatic carbocycles. The van der Waals surface area contributed by atoms with Gasteiger partial charge in [0.15, 0.2) is 0 Å². The molecule has 0 spiro atoms. The summed E-state index contributed by atoms with van der Waals surface area (Å²) in [7, 11) is 2.06. The van der Waals surface area contributed by atoms with Gasteiger partial charge in [-0.05, 0) is 48.2 Å². The Morgan fingerprint density at radius 3 is 1.85 bits per heavy atom. The quantitative estimate of drug-likeness (QED) is 0.866. The van der Waals surface area contributed by atoms with Crippen LogP contribution >= 0.6 is 0 Å². The van der Waals surface area contributed by atoms with Gasteiger partial charge in [0.2, 0.25) is 0 Å². The first-order valence-corrected chi connectivity index (χ1v) is 7.26. The lowest BCUT2D eigenvalue weighted by molar-refractivity contribution is 0.173. The van der Waals surface area contributed by atoms with E-state index in [0.717, 1.165) is 24.1 Å². The molecule has 2 aromatic rings. The number of aryl methyl sites for hydroxylation is 1. The summed E-state index contributed by atoms with van der Waals surface area (Å²) in [6.07, 6.45) is 1.44. The summed E-state index contributed by atoms with van der Waals surface area (Å²) in [4.78, 5) is 2.15. The highest BCUT2D eigenvalue weighted by molar-refractivity contribution is 5.62. The topological polar surface area (TPSA) is 23.5 Å². The predicted octanol–water partition coefficient (Wildman–Crippen LogP) is 4.46. The first kappa shape index (κ1) is 14.6. The van der Waals surface area contributed by atoms with Crippen LogP contribution in [-0.2, 0) is 6.42 Å². The second kappa shape index (κ2) is 6.58. The largest absolute Gasteiger partial charge is 0.388 e. The maximum absolute atomic E-state index is 9.82. The van der Waals surface area contributed by atoms with Crippen LogP contribution in [0.4, 0.5) is 11.4 Å². The van der Waals surface area contributed by atoms with E-state index in [-0.39, 0.29) is 6.10 Å². The Morgan fingerprint density at radius 1 is 0.900 bits per heavy atom. The third kappa shape index (κ3) is 3.20. The number of aliphatic hydroxyl groups excluding tert-OH is 1. The minimum Gasteiger partial charge on any atom is -0.388 e. The van der Waals surface area contributed by atoms with Gasteiger partial charge in [0.05, 0.1) is 6.10 Å². The van der Waals surface area contributed by atoms with Gasteiger partial charge in [0, 0.05) is 18.4 Å². The van der Waals surface area contributed by atoms with E-state index in [1.807, 2.05) is 19.1 Å². The van der Waals surface area contributed by atoms with Crippen LogP contribution in [0, 0.1) is 0 Å². The second-order valence-corrected chi connectivity index (χ2v) is 5.09.